The predicted molar refractivity (Wildman–Crippen MR) is 69.3 cm³/mol. The molecule has 0 aliphatic rings. The van der Waals surface area contributed by atoms with Gasteiger partial charge in [-0.3, -0.25) is 5.10 Å². The number of hydrogen-bond acceptors (Lipinski definition) is 4. The SMILES string of the molecule is CC(NS(=O)(=O)c1cccc(Br)c1)c1ncn[nH]1. The first-order valence-corrected chi connectivity index (χ1v) is 7.40. The van der Waals surface area contributed by atoms with Crippen LogP contribution >= 0.6 is 15.9 Å². The van der Waals surface area contributed by atoms with Gasteiger partial charge in [-0.1, -0.05) is 22.0 Å². The topological polar surface area (TPSA) is 87.7 Å². The molecular formula is C10H11BrN4O2S. The summed E-state index contributed by atoms with van der Waals surface area (Å²) in [5.41, 5.74) is 0. The highest BCUT2D eigenvalue weighted by molar-refractivity contribution is 9.10. The molecule has 0 spiro atoms. The number of benzene rings is 1. The lowest BCUT2D eigenvalue weighted by Gasteiger charge is -2.11. The highest BCUT2D eigenvalue weighted by Crippen LogP contribution is 2.18. The Morgan fingerprint density at radius 1 is 1.44 bits per heavy atom. The van der Waals surface area contributed by atoms with Crippen molar-refractivity contribution in [3.63, 3.8) is 0 Å². The van der Waals surface area contributed by atoms with Gasteiger partial charge in [0.2, 0.25) is 10.0 Å². The van der Waals surface area contributed by atoms with Gasteiger partial charge in [-0.25, -0.2) is 18.1 Å². The van der Waals surface area contributed by atoms with Crippen LogP contribution in [0.5, 0.6) is 0 Å². The van der Waals surface area contributed by atoms with Gasteiger partial charge in [0.1, 0.15) is 12.2 Å². The molecule has 1 aromatic carbocycles. The van der Waals surface area contributed by atoms with Crippen molar-refractivity contribution in [3.05, 3.63) is 40.9 Å². The summed E-state index contributed by atoms with van der Waals surface area (Å²) in [7, 11) is -3.58. The normalized spacial score (nSPS) is 13.4. The highest BCUT2D eigenvalue weighted by Gasteiger charge is 2.19. The lowest BCUT2D eigenvalue weighted by Crippen LogP contribution is -2.27. The largest absolute Gasteiger partial charge is 0.262 e. The summed E-state index contributed by atoms with van der Waals surface area (Å²) in [5, 5.41) is 6.31. The quantitative estimate of drug-likeness (QED) is 0.891. The molecule has 6 nitrogen and oxygen atoms in total. The highest BCUT2D eigenvalue weighted by atomic mass is 79.9. The maximum atomic E-state index is 12.1. The molecule has 18 heavy (non-hydrogen) atoms. The molecule has 1 unspecified atom stereocenters. The third-order valence-electron chi connectivity index (χ3n) is 2.28. The van der Waals surface area contributed by atoms with Crippen LogP contribution < -0.4 is 4.72 Å². The van der Waals surface area contributed by atoms with Gasteiger partial charge < -0.3 is 0 Å². The van der Waals surface area contributed by atoms with Crippen LogP contribution in [0.25, 0.3) is 0 Å². The van der Waals surface area contributed by atoms with E-state index in [1.165, 1.54) is 18.5 Å². The molecule has 2 rings (SSSR count). The number of sulfonamides is 1. The molecule has 96 valence electrons. The summed E-state index contributed by atoms with van der Waals surface area (Å²) in [4.78, 5) is 4.11. The molecule has 0 fully saturated rings. The number of nitrogens with zero attached hydrogens (tertiary/aromatic N) is 2. The van der Waals surface area contributed by atoms with Crippen molar-refractivity contribution in [1.29, 1.82) is 0 Å². The fourth-order valence-electron chi connectivity index (χ4n) is 1.41. The summed E-state index contributed by atoms with van der Waals surface area (Å²) in [6.45, 7) is 1.69. The third-order valence-corrected chi connectivity index (χ3v) is 4.31. The van der Waals surface area contributed by atoms with Crippen LogP contribution in [0.3, 0.4) is 0 Å². The van der Waals surface area contributed by atoms with Crippen LogP contribution in [0.2, 0.25) is 0 Å². The molecule has 0 amide bonds. The molecule has 1 atom stereocenters. The van der Waals surface area contributed by atoms with Crippen LogP contribution in [0, 0.1) is 0 Å². The number of halogens is 1. The molecule has 8 heteroatoms. The van der Waals surface area contributed by atoms with E-state index >= 15 is 0 Å². The molecule has 0 aliphatic heterocycles. The Kier molecular flexibility index (Phi) is 3.79. The summed E-state index contributed by atoms with van der Waals surface area (Å²) in [6, 6.07) is 6.02. The number of aromatic amines is 1. The Bertz CT molecular complexity index is 627. The molecule has 0 radical (unpaired) electrons. The van der Waals surface area contributed by atoms with E-state index in [-0.39, 0.29) is 4.90 Å². The lowest BCUT2D eigenvalue weighted by atomic mass is 10.3. The third kappa shape index (κ3) is 2.95. The van der Waals surface area contributed by atoms with Crippen LogP contribution in [0.4, 0.5) is 0 Å². The smallest absolute Gasteiger partial charge is 0.241 e. The van der Waals surface area contributed by atoms with E-state index in [4.69, 9.17) is 0 Å². The zero-order chi connectivity index (χ0) is 13.2. The monoisotopic (exact) mass is 330 g/mol. The molecular weight excluding hydrogens is 320 g/mol. The minimum absolute atomic E-state index is 0.197. The van der Waals surface area contributed by atoms with E-state index < -0.39 is 16.1 Å². The van der Waals surface area contributed by atoms with Crippen LogP contribution in [0.1, 0.15) is 18.8 Å². The van der Waals surface area contributed by atoms with Crippen LogP contribution in [-0.2, 0) is 10.0 Å². The summed E-state index contributed by atoms with van der Waals surface area (Å²) in [6.07, 6.45) is 1.33. The first-order chi connectivity index (χ1) is 8.49. The van der Waals surface area contributed by atoms with Gasteiger partial charge >= 0.3 is 0 Å². The maximum Gasteiger partial charge on any atom is 0.241 e. The average Bonchev–Trinajstić information content (AvgIpc) is 2.82. The molecule has 2 N–H and O–H groups in total. The molecule has 1 aromatic heterocycles. The first kappa shape index (κ1) is 13.2. The predicted octanol–water partition coefficient (Wildman–Crippen LogP) is 1.61. The van der Waals surface area contributed by atoms with Gasteiger partial charge in [0.25, 0.3) is 0 Å². The number of hydrogen-bond donors (Lipinski definition) is 2. The van der Waals surface area contributed by atoms with Gasteiger partial charge in [-0.05, 0) is 25.1 Å². The second kappa shape index (κ2) is 5.17. The molecule has 0 aliphatic carbocycles. The number of rotatable bonds is 4. The van der Waals surface area contributed by atoms with Crippen molar-refractivity contribution in [1.82, 2.24) is 19.9 Å². The molecule has 0 bridgehead atoms. The minimum atomic E-state index is -3.58. The fraction of sp³-hybridized carbons (Fsp3) is 0.200. The molecule has 0 saturated carbocycles. The molecule has 0 saturated heterocycles. The second-order valence-electron chi connectivity index (χ2n) is 3.67. The maximum absolute atomic E-state index is 12.1. The number of aromatic nitrogens is 3. The Labute approximate surface area is 113 Å². The minimum Gasteiger partial charge on any atom is -0.262 e. The Balaban J connectivity index is 2.22. The second-order valence-corrected chi connectivity index (χ2v) is 6.30. The summed E-state index contributed by atoms with van der Waals surface area (Å²) < 4.78 is 27.4. The van der Waals surface area contributed by atoms with Crippen molar-refractivity contribution in [2.75, 3.05) is 0 Å². The summed E-state index contributed by atoms with van der Waals surface area (Å²) >= 11 is 3.24. The lowest BCUT2D eigenvalue weighted by molar-refractivity contribution is 0.560. The Morgan fingerprint density at radius 2 is 2.22 bits per heavy atom. The van der Waals surface area contributed by atoms with E-state index in [0.29, 0.717) is 10.3 Å². The standard InChI is InChI=1S/C10H11BrN4O2S/c1-7(10-12-6-13-14-10)15-18(16,17)9-4-2-3-8(11)5-9/h2-7,15H,1H3,(H,12,13,14). The zero-order valence-corrected chi connectivity index (χ0v) is 11.9. The Morgan fingerprint density at radius 3 is 2.83 bits per heavy atom. The van der Waals surface area contributed by atoms with Gasteiger partial charge in [0, 0.05) is 4.47 Å². The van der Waals surface area contributed by atoms with Crippen molar-refractivity contribution in [2.45, 2.75) is 17.9 Å². The van der Waals surface area contributed by atoms with Gasteiger partial charge in [-0.15, -0.1) is 0 Å². The van der Waals surface area contributed by atoms with Crippen LogP contribution in [0.15, 0.2) is 40.0 Å². The van der Waals surface area contributed by atoms with E-state index in [0.717, 1.165) is 0 Å². The molecule has 2 aromatic rings. The van der Waals surface area contributed by atoms with Gasteiger partial charge in [-0.2, -0.15) is 5.10 Å². The molecule has 1 heterocycles. The Hall–Kier alpha value is -1.25. The van der Waals surface area contributed by atoms with Crippen molar-refractivity contribution < 1.29 is 8.42 Å². The van der Waals surface area contributed by atoms with E-state index in [1.54, 1.807) is 19.1 Å². The number of nitrogens with one attached hydrogen (secondary N) is 2. The zero-order valence-electron chi connectivity index (χ0n) is 9.46. The number of H-pyrrole nitrogens is 1. The fourth-order valence-corrected chi connectivity index (χ4v) is 3.22. The van der Waals surface area contributed by atoms with Crippen molar-refractivity contribution in [2.24, 2.45) is 0 Å². The van der Waals surface area contributed by atoms with Crippen molar-refractivity contribution in [3.8, 4) is 0 Å². The van der Waals surface area contributed by atoms with E-state index in [2.05, 4.69) is 35.8 Å². The van der Waals surface area contributed by atoms with E-state index in [9.17, 15) is 8.42 Å². The average molecular weight is 331 g/mol. The van der Waals surface area contributed by atoms with Gasteiger partial charge in [0.15, 0.2) is 0 Å². The van der Waals surface area contributed by atoms with Crippen molar-refractivity contribution >= 4 is 26.0 Å². The van der Waals surface area contributed by atoms with Crippen LogP contribution in [-0.4, -0.2) is 23.6 Å². The van der Waals surface area contributed by atoms with Gasteiger partial charge in [0.05, 0.1) is 10.9 Å². The van der Waals surface area contributed by atoms with E-state index in [1.807, 2.05) is 0 Å². The first-order valence-electron chi connectivity index (χ1n) is 5.12. The summed E-state index contributed by atoms with van der Waals surface area (Å²) in [5.74, 6) is 0.466.